The Morgan fingerprint density at radius 1 is 1.20 bits per heavy atom. The van der Waals surface area contributed by atoms with E-state index in [0.29, 0.717) is 6.04 Å². The van der Waals surface area contributed by atoms with Crippen molar-refractivity contribution < 1.29 is 5.11 Å². The van der Waals surface area contributed by atoms with Gasteiger partial charge in [-0.05, 0) is 56.2 Å². The number of fused-ring (bicyclic) bond motifs is 1. The van der Waals surface area contributed by atoms with Crippen molar-refractivity contribution in [3.05, 3.63) is 36.7 Å². The number of aliphatic hydroxyl groups excluding tert-OH is 1. The van der Waals surface area contributed by atoms with Crippen molar-refractivity contribution in [1.29, 1.82) is 0 Å². The number of hydrogen-bond acceptors (Lipinski definition) is 6. The highest BCUT2D eigenvalue weighted by molar-refractivity contribution is 7.98. The molecule has 0 radical (unpaired) electrons. The second kappa shape index (κ2) is 7.01. The van der Waals surface area contributed by atoms with Crippen LogP contribution >= 0.6 is 11.8 Å². The lowest BCUT2D eigenvalue weighted by Gasteiger charge is -2.26. The van der Waals surface area contributed by atoms with Crippen LogP contribution in [-0.2, 0) is 0 Å². The molecule has 1 aliphatic carbocycles. The Labute approximate surface area is 150 Å². The third-order valence-corrected chi connectivity index (χ3v) is 5.29. The maximum absolute atomic E-state index is 9.73. The van der Waals surface area contributed by atoms with Crippen LogP contribution in [-0.4, -0.2) is 43.1 Å². The molecule has 130 valence electrons. The molecule has 0 spiro atoms. The van der Waals surface area contributed by atoms with Crippen LogP contribution in [0.4, 0.5) is 5.82 Å². The smallest absolute Gasteiger partial charge is 0.156 e. The number of aliphatic hydroxyl groups is 1. The molecule has 0 amide bonds. The molecule has 6 nitrogen and oxygen atoms in total. The molecule has 0 unspecified atom stereocenters. The minimum absolute atomic E-state index is 0.162. The molecule has 4 rings (SSSR count). The Morgan fingerprint density at radius 3 is 2.84 bits per heavy atom. The summed E-state index contributed by atoms with van der Waals surface area (Å²) in [4.78, 5) is 9.12. The van der Waals surface area contributed by atoms with Crippen LogP contribution in [0.5, 0.6) is 0 Å². The molecule has 3 aromatic heterocycles. The summed E-state index contributed by atoms with van der Waals surface area (Å²) in [5, 5.41) is 18.8. The number of imidazole rings is 1. The van der Waals surface area contributed by atoms with E-state index in [1.807, 2.05) is 35.2 Å². The Balaban J connectivity index is 1.75. The van der Waals surface area contributed by atoms with E-state index in [-0.39, 0.29) is 6.10 Å². The lowest BCUT2D eigenvalue weighted by molar-refractivity contribution is 0.126. The molecule has 25 heavy (non-hydrogen) atoms. The molecule has 0 saturated heterocycles. The second-order valence-corrected chi connectivity index (χ2v) is 7.17. The minimum Gasteiger partial charge on any atom is -0.393 e. The van der Waals surface area contributed by atoms with Crippen LogP contribution < -0.4 is 5.32 Å². The maximum atomic E-state index is 9.73. The van der Waals surface area contributed by atoms with E-state index in [1.165, 1.54) is 0 Å². The average molecular weight is 355 g/mol. The lowest BCUT2D eigenvalue weighted by atomic mass is 9.93. The van der Waals surface area contributed by atoms with E-state index in [0.717, 1.165) is 53.4 Å². The van der Waals surface area contributed by atoms with Crippen molar-refractivity contribution in [3.8, 4) is 11.3 Å². The van der Waals surface area contributed by atoms with E-state index in [4.69, 9.17) is 4.98 Å². The average Bonchev–Trinajstić information content (AvgIpc) is 3.01. The number of pyridine rings is 1. The SMILES string of the molecule is CSc1cc(-c2c(NC3CCC(O)CC3)nc3cccnn23)ccn1. The third kappa shape index (κ3) is 3.34. The summed E-state index contributed by atoms with van der Waals surface area (Å²) >= 11 is 1.62. The zero-order valence-electron chi connectivity index (χ0n) is 14.1. The monoisotopic (exact) mass is 355 g/mol. The van der Waals surface area contributed by atoms with Crippen LogP contribution in [0, 0.1) is 0 Å². The molecule has 0 aliphatic heterocycles. The highest BCUT2D eigenvalue weighted by Gasteiger charge is 2.23. The largest absolute Gasteiger partial charge is 0.393 e. The van der Waals surface area contributed by atoms with Crippen molar-refractivity contribution in [2.45, 2.75) is 42.9 Å². The van der Waals surface area contributed by atoms with Crippen molar-refractivity contribution in [2.24, 2.45) is 0 Å². The standard InChI is InChI=1S/C18H21N5OS/c1-25-16-11-12(8-10-19-16)17-18(21-13-4-6-14(24)7-5-13)22-15-3-2-9-20-23(15)17/h2-3,8-11,13-14,21,24H,4-7H2,1H3. The summed E-state index contributed by atoms with van der Waals surface area (Å²) < 4.78 is 1.87. The number of anilines is 1. The van der Waals surface area contributed by atoms with Crippen molar-refractivity contribution in [3.63, 3.8) is 0 Å². The lowest BCUT2D eigenvalue weighted by Crippen LogP contribution is -2.28. The van der Waals surface area contributed by atoms with Gasteiger partial charge in [-0.1, -0.05) is 0 Å². The van der Waals surface area contributed by atoms with Crippen molar-refractivity contribution >= 4 is 23.2 Å². The molecular weight excluding hydrogens is 334 g/mol. The van der Waals surface area contributed by atoms with Crippen LogP contribution in [0.1, 0.15) is 25.7 Å². The Hall–Kier alpha value is -2.12. The zero-order valence-corrected chi connectivity index (χ0v) is 14.9. The maximum Gasteiger partial charge on any atom is 0.156 e. The molecule has 1 saturated carbocycles. The fourth-order valence-corrected chi connectivity index (χ4v) is 3.74. The zero-order chi connectivity index (χ0) is 17.2. The molecule has 0 atom stereocenters. The van der Waals surface area contributed by atoms with Crippen molar-refractivity contribution in [2.75, 3.05) is 11.6 Å². The van der Waals surface area contributed by atoms with Gasteiger partial charge in [-0.2, -0.15) is 5.10 Å². The first-order valence-electron chi connectivity index (χ1n) is 8.53. The molecular formula is C18H21N5OS. The van der Waals surface area contributed by atoms with Gasteiger partial charge in [0.05, 0.1) is 11.1 Å². The van der Waals surface area contributed by atoms with Gasteiger partial charge in [0.15, 0.2) is 11.5 Å². The normalized spacial score (nSPS) is 20.7. The number of rotatable bonds is 4. The number of nitrogens with zero attached hydrogens (tertiary/aromatic N) is 4. The Bertz CT molecular complexity index is 873. The second-order valence-electron chi connectivity index (χ2n) is 6.34. The first-order chi connectivity index (χ1) is 12.2. The highest BCUT2D eigenvalue weighted by Crippen LogP contribution is 2.32. The molecule has 1 aliphatic rings. The van der Waals surface area contributed by atoms with Crippen LogP contribution in [0.15, 0.2) is 41.7 Å². The van der Waals surface area contributed by atoms with Crippen LogP contribution in [0.25, 0.3) is 16.9 Å². The first kappa shape index (κ1) is 16.4. The van der Waals surface area contributed by atoms with Gasteiger partial charge in [-0.15, -0.1) is 11.8 Å². The number of thioether (sulfide) groups is 1. The summed E-state index contributed by atoms with van der Waals surface area (Å²) in [5.74, 6) is 0.846. The first-order valence-corrected chi connectivity index (χ1v) is 9.76. The van der Waals surface area contributed by atoms with Gasteiger partial charge >= 0.3 is 0 Å². The van der Waals surface area contributed by atoms with Gasteiger partial charge in [-0.3, -0.25) is 0 Å². The van der Waals surface area contributed by atoms with E-state index >= 15 is 0 Å². The van der Waals surface area contributed by atoms with Crippen LogP contribution in [0.3, 0.4) is 0 Å². The summed E-state index contributed by atoms with van der Waals surface area (Å²) in [6, 6.07) is 8.25. The van der Waals surface area contributed by atoms with Gasteiger partial charge in [0.1, 0.15) is 5.69 Å². The molecule has 0 bridgehead atoms. The van der Waals surface area contributed by atoms with Crippen LogP contribution in [0.2, 0.25) is 0 Å². The summed E-state index contributed by atoms with van der Waals surface area (Å²) in [5.41, 5.74) is 2.82. The molecule has 2 N–H and O–H groups in total. The predicted octanol–water partition coefficient (Wildman–Crippen LogP) is 3.23. The van der Waals surface area contributed by atoms with E-state index < -0.39 is 0 Å². The molecule has 3 heterocycles. The molecule has 7 heteroatoms. The quantitative estimate of drug-likeness (QED) is 0.700. The fourth-order valence-electron chi connectivity index (χ4n) is 3.33. The summed E-state index contributed by atoms with van der Waals surface area (Å²) in [7, 11) is 0. The number of nitrogens with one attached hydrogen (secondary N) is 1. The van der Waals surface area contributed by atoms with Gasteiger partial charge < -0.3 is 10.4 Å². The number of aromatic nitrogens is 4. The Morgan fingerprint density at radius 2 is 2.04 bits per heavy atom. The molecule has 3 aromatic rings. The van der Waals surface area contributed by atoms with Gasteiger partial charge in [0.25, 0.3) is 0 Å². The summed E-state index contributed by atoms with van der Waals surface area (Å²) in [6.07, 6.45) is 9.03. The van der Waals surface area contributed by atoms with E-state index in [2.05, 4.69) is 21.5 Å². The van der Waals surface area contributed by atoms with E-state index in [9.17, 15) is 5.11 Å². The van der Waals surface area contributed by atoms with Gasteiger partial charge in [0.2, 0.25) is 0 Å². The number of hydrogen-bond donors (Lipinski definition) is 2. The highest BCUT2D eigenvalue weighted by atomic mass is 32.2. The van der Waals surface area contributed by atoms with Gasteiger partial charge in [-0.25, -0.2) is 14.5 Å². The van der Waals surface area contributed by atoms with Gasteiger partial charge in [0, 0.05) is 24.0 Å². The summed E-state index contributed by atoms with van der Waals surface area (Å²) in [6.45, 7) is 0. The predicted molar refractivity (Wildman–Crippen MR) is 99.9 cm³/mol. The topological polar surface area (TPSA) is 75.3 Å². The van der Waals surface area contributed by atoms with Crippen molar-refractivity contribution in [1.82, 2.24) is 19.6 Å². The third-order valence-electron chi connectivity index (χ3n) is 4.65. The van der Waals surface area contributed by atoms with E-state index in [1.54, 1.807) is 18.0 Å². The molecule has 1 fully saturated rings. The minimum atomic E-state index is -0.162. The fraction of sp³-hybridized carbons (Fsp3) is 0.389. The Kier molecular flexibility index (Phi) is 4.59. The molecule has 0 aromatic carbocycles.